The number of nitrogens with one attached hydrogen (secondary N) is 3. The number of thiophene rings is 1. The van der Waals surface area contributed by atoms with Crippen molar-refractivity contribution in [3.63, 3.8) is 0 Å². The first-order valence-corrected chi connectivity index (χ1v) is 16.3. The van der Waals surface area contributed by atoms with Gasteiger partial charge in [0.25, 0.3) is 0 Å². The third-order valence-electron chi connectivity index (χ3n) is 7.46. The van der Waals surface area contributed by atoms with Crippen LogP contribution in [0.15, 0.2) is 76.3 Å². The van der Waals surface area contributed by atoms with Crippen molar-refractivity contribution in [2.75, 3.05) is 23.7 Å². The van der Waals surface area contributed by atoms with Crippen molar-refractivity contribution in [2.45, 2.75) is 56.1 Å². The number of benzene rings is 2. The molecule has 5 rings (SSSR count). The van der Waals surface area contributed by atoms with Crippen LogP contribution in [0.1, 0.15) is 55.7 Å². The number of hydrogen-bond acceptors (Lipinski definition) is 6. The second-order valence-electron chi connectivity index (χ2n) is 11.6. The maximum Gasteiger partial charge on any atom is 0.324 e. The third kappa shape index (κ3) is 6.55. The number of carbonyl (C=O) groups excluding carboxylic acids is 1. The lowest BCUT2D eigenvalue weighted by Gasteiger charge is -2.30. The zero-order chi connectivity index (χ0) is 29.2. The lowest BCUT2D eigenvalue weighted by molar-refractivity contribution is 0.262. The predicted molar refractivity (Wildman–Crippen MR) is 166 cm³/mol. The number of aryl methyl sites for hydroxylation is 1. The largest absolute Gasteiger partial charge is 0.324 e. The van der Waals surface area contributed by atoms with Gasteiger partial charge in [-0.05, 0) is 80.0 Å². The molecule has 0 aliphatic carbocycles. The third-order valence-corrected chi connectivity index (χ3v) is 10.5. The van der Waals surface area contributed by atoms with E-state index in [9.17, 15) is 13.2 Å². The van der Waals surface area contributed by atoms with Crippen molar-refractivity contribution in [2.24, 2.45) is 5.92 Å². The van der Waals surface area contributed by atoms with Gasteiger partial charge in [-0.2, -0.15) is 16.4 Å². The molecule has 0 spiro atoms. The summed E-state index contributed by atoms with van der Waals surface area (Å²) in [4.78, 5) is 13.5. The summed E-state index contributed by atoms with van der Waals surface area (Å²) in [5.41, 5.74) is 3.95. The number of amides is 2. The van der Waals surface area contributed by atoms with E-state index in [1.54, 1.807) is 33.6 Å². The first kappa shape index (κ1) is 29.0. The molecule has 1 fully saturated rings. The minimum atomic E-state index is -3.56. The molecule has 3 N–H and O–H groups in total. The van der Waals surface area contributed by atoms with Gasteiger partial charge in [-0.15, -0.1) is 0 Å². The van der Waals surface area contributed by atoms with Crippen LogP contribution >= 0.6 is 11.3 Å². The molecule has 1 unspecified atom stereocenters. The zero-order valence-corrected chi connectivity index (χ0v) is 25.5. The molecule has 216 valence electrons. The topological polar surface area (TPSA) is 105 Å². The molecule has 0 saturated carbocycles. The first-order valence-electron chi connectivity index (χ1n) is 13.8. The van der Waals surface area contributed by atoms with Gasteiger partial charge < -0.3 is 10.6 Å². The first-order chi connectivity index (χ1) is 19.5. The molecular weight excluding hydrogens is 555 g/mol. The lowest BCUT2D eigenvalue weighted by atomic mass is 9.90. The fourth-order valence-electron chi connectivity index (χ4n) is 5.17. The zero-order valence-electron chi connectivity index (χ0n) is 23.8. The number of anilines is 2. The summed E-state index contributed by atoms with van der Waals surface area (Å²) in [6, 6.07) is 18.3. The van der Waals surface area contributed by atoms with E-state index < -0.39 is 21.1 Å². The van der Waals surface area contributed by atoms with Crippen LogP contribution in [0, 0.1) is 12.8 Å². The van der Waals surface area contributed by atoms with Crippen molar-refractivity contribution in [1.29, 1.82) is 0 Å². The molecule has 1 saturated heterocycles. The van der Waals surface area contributed by atoms with Gasteiger partial charge in [-0.3, -0.25) is 5.32 Å². The van der Waals surface area contributed by atoms with Crippen molar-refractivity contribution in [3.8, 4) is 5.69 Å². The van der Waals surface area contributed by atoms with Crippen molar-refractivity contribution < 1.29 is 13.2 Å². The Labute approximate surface area is 246 Å². The molecule has 3 heterocycles. The smallest absolute Gasteiger partial charge is 0.317 e. The van der Waals surface area contributed by atoms with E-state index in [4.69, 9.17) is 5.10 Å². The number of sulfone groups is 1. The fraction of sp³-hybridized carbons (Fsp3) is 0.355. The van der Waals surface area contributed by atoms with Crippen LogP contribution in [0.25, 0.3) is 5.69 Å². The normalized spacial score (nSPS) is 15.4. The van der Waals surface area contributed by atoms with Crippen LogP contribution in [0.2, 0.25) is 0 Å². The van der Waals surface area contributed by atoms with Crippen LogP contribution in [0.5, 0.6) is 0 Å². The van der Waals surface area contributed by atoms with Gasteiger partial charge in [-0.1, -0.05) is 50.6 Å². The van der Waals surface area contributed by atoms with Crippen LogP contribution in [-0.4, -0.2) is 37.3 Å². The number of hydrogen-bond donors (Lipinski definition) is 3. The molecule has 41 heavy (non-hydrogen) atoms. The highest BCUT2D eigenvalue weighted by molar-refractivity contribution is 7.91. The minimum absolute atomic E-state index is 0.0160. The van der Waals surface area contributed by atoms with Crippen molar-refractivity contribution in [1.82, 2.24) is 15.1 Å². The number of urea groups is 1. The summed E-state index contributed by atoms with van der Waals surface area (Å²) in [5, 5.41) is 16.8. The molecule has 2 aromatic heterocycles. The summed E-state index contributed by atoms with van der Waals surface area (Å²) in [6.45, 7) is 9.87. The number of carbonyl (C=O) groups is 1. The van der Waals surface area contributed by atoms with Gasteiger partial charge in [0.15, 0.2) is 9.84 Å². The highest BCUT2D eigenvalue weighted by Crippen LogP contribution is 2.40. The van der Waals surface area contributed by atoms with Gasteiger partial charge in [0.2, 0.25) is 0 Å². The van der Waals surface area contributed by atoms with Crippen LogP contribution in [0.3, 0.4) is 0 Å². The van der Waals surface area contributed by atoms with E-state index in [2.05, 4.69) is 36.7 Å². The van der Waals surface area contributed by atoms with Crippen LogP contribution < -0.4 is 16.0 Å². The van der Waals surface area contributed by atoms with E-state index in [1.165, 1.54) is 11.3 Å². The number of nitrogens with zero attached hydrogens (tertiary/aromatic N) is 2. The van der Waals surface area contributed by atoms with Gasteiger partial charge in [0, 0.05) is 22.5 Å². The summed E-state index contributed by atoms with van der Waals surface area (Å²) in [6.07, 6.45) is 1.59. The van der Waals surface area contributed by atoms with Gasteiger partial charge in [0.1, 0.15) is 5.82 Å². The summed E-state index contributed by atoms with van der Waals surface area (Å²) in [7, 11) is -3.56. The molecule has 1 aliphatic rings. The van der Waals surface area contributed by atoms with E-state index >= 15 is 0 Å². The van der Waals surface area contributed by atoms with Crippen LogP contribution in [0.4, 0.5) is 16.3 Å². The molecule has 1 atom stereocenters. The molecule has 10 heteroatoms. The van der Waals surface area contributed by atoms with E-state index in [0.717, 1.165) is 48.4 Å². The van der Waals surface area contributed by atoms with Crippen molar-refractivity contribution >= 4 is 38.7 Å². The Bertz CT molecular complexity index is 1580. The number of rotatable bonds is 7. The SMILES string of the molecule is Cc1ccc(-n2nc(C(C)(C)C)cc2NC(=O)Nc2ccc(C(C3CCNCC3)S(=O)(=O)c3ccsc3)cc2)cc1. The summed E-state index contributed by atoms with van der Waals surface area (Å²) >= 11 is 1.39. The quantitative estimate of drug-likeness (QED) is 0.222. The van der Waals surface area contributed by atoms with Gasteiger partial charge in [-0.25, -0.2) is 17.9 Å². The monoisotopic (exact) mass is 591 g/mol. The maximum atomic E-state index is 13.7. The number of aromatic nitrogens is 2. The van der Waals surface area contributed by atoms with Gasteiger partial charge in [0.05, 0.1) is 21.5 Å². The number of piperidine rings is 1. The van der Waals surface area contributed by atoms with Crippen LogP contribution in [-0.2, 0) is 15.3 Å². The Balaban J connectivity index is 1.36. The Morgan fingerprint density at radius 3 is 2.32 bits per heavy atom. The molecule has 2 amide bonds. The average Bonchev–Trinajstić information content (AvgIpc) is 3.62. The van der Waals surface area contributed by atoms with E-state index in [0.29, 0.717) is 16.4 Å². The molecular formula is C31H37N5O3S2. The molecule has 1 aliphatic heterocycles. The maximum absolute atomic E-state index is 13.7. The standard InChI is InChI=1S/C31H37N5O3S2/c1-21-5-11-25(12-6-21)36-28(19-27(35-36)31(2,3)4)34-30(37)33-24-9-7-22(8-10-24)29(23-13-16-32-17-14-23)41(38,39)26-15-18-40-20-26/h5-12,15,18-20,23,29,32H,13-14,16-17H2,1-4H3,(H2,33,34,37). The Kier molecular flexibility index (Phi) is 8.35. The Morgan fingerprint density at radius 1 is 1.02 bits per heavy atom. The van der Waals surface area contributed by atoms with E-state index in [-0.39, 0.29) is 11.3 Å². The second kappa shape index (κ2) is 11.8. The lowest BCUT2D eigenvalue weighted by Crippen LogP contribution is -2.33. The Morgan fingerprint density at radius 2 is 1.71 bits per heavy atom. The molecule has 2 aromatic carbocycles. The Hall–Kier alpha value is -3.47. The molecule has 4 aromatic rings. The van der Waals surface area contributed by atoms with Gasteiger partial charge >= 0.3 is 6.03 Å². The second-order valence-corrected chi connectivity index (χ2v) is 14.5. The molecule has 8 nitrogen and oxygen atoms in total. The molecule has 0 radical (unpaired) electrons. The van der Waals surface area contributed by atoms with E-state index in [1.807, 2.05) is 49.4 Å². The molecule has 0 bridgehead atoms. The highest BCUT2D eigenvalue weighted by atomic mass is 32.2. The average molecular weight is 592 g/mol. The predicted octanol–water partition coefficient (Wildman–Crippen LogP) is 6.70. The minimum Gasteiger partial charge on any atom is -0.317 e. The fourth-order valence-corrected chi connectivity index (χ4v) is 8.32. The highest BCUT2D eigenvalue weighted by Gasteiger charge is 2.37. The van der Waals surface area contributed by atoms with Crippen molar-refractivity contribution in [3.05, 3.63) is 88.2 Å². The summed E-state index contributed by atoms with van der Waals surface area (Å²) < 4.78 is 29.1. The summed E-state index contributed by atoms with van der Waals surface area (Å²) in [5.74, 6) is 0.572.